The molecular formula is C34H42N8O7. The Morgan fingerprint density at radius 2 is 1.82 bits per heavy atom. The van der Waals surface area contributed by atoms with E-state index < -0.39 is 29.7 Å². The fourth-order valence-electron chi connectivity index (χ4n) is 6.61. The van der Waals surface area contributed by atoms with E-state index in [0.29, 0.717) is 32.1 Å². The van der Waals surface area contributed by atoms with E-state index in [1.54, 1.807) is 24.4 Å². The minimum absolute atomic E-state index is 0.0426. The summed E-state index contributed by atoms with van der Waals surface area (Å²) in [6.07, 6.45) is 6.77. The Balaban J connectivity index is 0.849. The molecule has 1 saturated heterocycles. The summed E-state index contributed by atoms with van der Waals surface area (Å²) in [4.78, 5) is 68.2. The van der Waals surface area contributed by atoms with Crippen molar-refractivity contribution in [2.24, 2.45) is 0 Å². The van der Waals surface area contributed by atoms with Gasteiger partial charge in [0.1, 0.15) is 11.9 Å². The molecule has 1 unspecified atom stereocenters. The lowest BCUT2D eigenvalue weighted by Gasteiger charge is -2.27. The van der Waals surface area contributed by atoms with Crippen molar-refractivity contribution >= 4 is 46.7 Å². The third kappa shape index (κ3) is 7.89. The minimum Gasteiger partial charge on any atom is -0.382 e. The fraction of sp³-hybridized carbons (Fsp3) is 0.500. The Bertz CT molecular complexity index is 1730. The van der Waals surface area contributed by atoms with Gasteiger partial charge < -0.3 is 25.4 Å². The third-order valence-electron chi connectivity index (χ3n) is 8.94. The quantitative estimate of drug-likeness (QED) is 0.129. The lowest BCUT2D eigenvalue weighted by Crippen LogP contribution is -2.54. The molecule has 49 heavy (non-hydrogen) atoms. The molecule has 0 spiro atoms. The number of anilines is 2. The van der Waals surface area contributed by atoms with Gasteiger partial charge >= 0.3 is 0 Å². The molecule has 2 aromatic heterocycles. The first-order valence-corrected chi connectivity index (χ1v) is 17.0. The van der Waals surface area contributed by atoms with Crippen molar-refractivity contribution < 1.29 is 33.4 Å². The van der Waals surface area contributed by atoms with Crippen LogP contribution in [0.2, 0.25) is 0 Å². The van der Waals surface area contributed by atoms with E-state index in [2.05, 4.69) is 44.3 Å². The molecule has 4 N–H and O–H groups in total. The zero-order valence-corrected chi connectivity index (χ0v) is 27.5. The van der Waals surface area contributed by atoms with Crippen LogP contribution in [0.1, 0.15) is 78.3 Å². The summed E-state index contributed by atoms with van der Waals surface area (Å²) in [6.45, 7) is 3.75. The second kappa shape index (κ2) is 15.6. The van der Waals surface area contributed by atoms with Gasteiger partial charge in [-0.25, -0.2) is 4.98 Å². The van der Waals surface area contributed by atoms with Crippen LogP contribution in [0, 0.1) is 0 Å². The van der Waals surface area contributed by atoms with Crippen LogP contribution >= 0.6 is 0 Å². The van der Waals surface area contributed by atoms with Crippen LogP contribution in [0.4, 0.5) is 11.5 Å². The van der Waals surface area contributed by atoms with Gasteiger partial charge in [0.15, 0.2) is 5.65 Å². The topological polar surface area (TPSA) is 185 Å². The molecule has 0 radical (unpaired) electrons. The predicted molar refractivity (Wildman–Crippen MR) is 178 cm³/mol. The number of amides is 5. The van der Waals surface area contributed by atoms with E-state index in [1.807, 2.05) is 10.6 Å². The standard InChI is InChI=1S/C34H42N8O7/c1-2-4-21-20-28(42-27(37-21)11-13-36-42)38-22-7-8-23(19-22)39-30(44)12-15-48-17-18-49-16-14-35-25-6-3-5-24-31(25)34(47)41(33(24)46)26-9-10-29(43)40-32(26)45/h3,5-6,11,13,20,22-23,26,35,38H,2,4,7-10,12,14-19H2,1H3,(H,39,44)(H,40,43,45)/t22-,23-,26?/m1/s1. The molecule has 1 aliphatic carbocycles. The molecule has 1 aromatic carbocycles. The van der Waals surface area contributed by atoms with E-state index in [1.165, 1.54) is 0 Å². The molecule has 0 bridgehead atoms. The lowest BCUT2D eigenvalue weighted by molar-refractivity contribution is -0.136. The monoisotopic (exact) mass is 674 g/mol. The molecule has 3 aliphatic rings. The zero-order valence-electron chi connectivity index (χ0n) is 27.5. The molecule has 3 aromatic rings. The number of carbonyl (C=O) groups is 5. The average molecular weight is 675 g/mol. The van der Waals surface area contributed by atoms with E-state index in [-0.39, 0.29) is 55.0 Å². The number of piperidine rings is 1. The summed E-state index contributed by atoms with van der Waals surface area (Å²) in [5.74, 6) is -1.30. The predicted octanol–water partition coefficient (Wildman–Crippen LogP) is 2.07. The van der Waals surface area contributed by atoms with Crippen molar-refractivity contribution in [1.29, 1.82) is 0 Å². The number of carbonyl (C=O) groups excluding carboxylic acids is 5. The van der Waals surface area contributed by atoms with Crippen molar-refractivity contribution in [3.63, 3.8) is 0 Å². The lowest BCUT2D eigenvalue weighted by atomic mass is 10.0. The summed E-state index contributed by atoms with van der Waals surface area (Å²) in [6, 6.07) is 8.19. The molecule has 3 atom stereocenters. The number of nitrogens with zero attached hydrogens (tertiary/aromatic N) is 4. The molecule has 4 heterocycles. The Labute approximate surface area is 283 Å². The molecule has 2 fully saturated rings. The molecule has 2 aliphatic heterocycles. The number of aryl methyl sites for hydroxylation is 1. The van der Waals surface area contributed by atoms with Gasteiger partial charge in [-0.3, -0.25) is 34.2 Å². The number of hydrogen-bond donors (Lipinski definition) is 4. The highest BCUT2D eigenvalue weighted by Crippen LogP contribution is 2.32. The second-order valence-electron chi connectivity index (χ2n) is 12.5. The smallest absolute Gasteiger partial charge is 0.264 e. The number of ether oxygens (including phenoxy) is 2. The summed E-state index contributed by atoms with van der Waals surface area (Å²) in [5, 5.41) is 16.5. The van der Waals surface area contributed by atoms with Crippen molar-refractivity contribution in [2.75, 3.05) is 43.6 Å². The molecular weight excluding hydrogens is 632 g/mol. The van der Waals surface area contributed by atoms with Crippen LogP contribution in [0.5, 0.6) is 0 Å². The highest BCUT2D eigenvalue weighted by atomic mass is 16.5. The normalized spacial score (nSPS) is 20.5. The van der Waals surface area contributed by atoms with Crippen LogP contribution < -0.4 is 21.3 Å². The van der Waals surface area contributed by atoms with Gasteiger partial charge in [0.2, 0.25) is 17.7 Å². The van der Waals surface area contributed by atoms with Crippen LogP contribution in [0.25, 0.3) is 5.65 Å². The van der Waals surface area contributed by atoms with Crippen molar-refractivity contribution in [3.8, 4) is 0 Å². The largest absolute Gasteiger partial charge is 0.382 e. The van der Waals surface area contributed by atoms with E-state index in [9.17, 15) is 24.0 Å². The Morgan fingerprint density at radius 3 is 2.63 bits per heavy atom. The maximum Gasteiger partial charge on any atom is 0.264 e. The van der Waals surface area contributed by atoms with Gasteiger partial charge in [0, 0.05) is 55.0 Å². The SMILES string of the molecule is CCCc1cc(N[C@@H]2CC[C@@H](NC(=O)CCOCCOCCNc3cccc4c3C(=O)N(C3CCC(=O)NC3=O)C4=O)C2)n2nccc2n1. The summed E-state index contributed by atoms with van der Waals surface area (Å²) in [5.41, 5.74) is 2.75. The fourth-order valence-corrected chi connectivity index (χ4v) is 6.61. The molecule has 1 saturated carbocycles. The van der Waals surface area contributed by atoms with Gasteiger partial charge in [-0.1, -0.05) is 19.4 Å². The van der Waals surface area contributed by atoms with E-state index in [4.69, 9.17) is 9.47 Å². The second-order valence-corrected chi connectivity index (χ2v) is 12.5. The van der Waals surface area contributed by atoms with Crippen LogP contribution in [-0.2, 0) is 30.3 Å². The minimum atomic E-state index is -1.02. The number of rotatable bonds is 16. The molecule has 15 heteroatoms. The van der Waals surface area contributed by atoms with Crippen LogP contribution in [0.15, 0.2) is 36.5 Å². The highest BCUT2D eigenvalue weighted by molar-refractivity contribution is 6.25. The van der Waals surface area contributed by atoms with Gasteiger partial charge in [-0.05, 0) is 44.2 Å². The highest BCUT2D eigenvalue weighted by Gasteiger charge is 2.45. The number of aromatic nitrogens is 3. The van der Waals surface area contributed by atoms with Gasteiger partial charge in [-0.2, -0.15) is 9.61 Å². The zero-order chi connectivity index (χ0) is 34.3. The van der Waals surface area contributed by atoms with Gasteiger partial charge in [0.25, 0.3) is 11.8 Å². The van der Waals surface area contributed by atoms with Crippen molar-refractivity contribution in [2.45, 2.75) is 76.4 Å². The van der Waals surface area contributed by atoms with Crippen LogP contribution in [0.3, 0.4) is 0 Å². The summed E-state index contributed by atoms with van der Waals surface area (Å²) in [7, 11) is 0. The van der Waals surface area contributed by atoms with Gasteiger partial charge in [0.05, 0.1) is 43.8 Å². The summed E-state index contributed by atoms with van der Waals surface area (Å²) >= 11 is 0. The van der Waals surface area contributed by atoms with E-state index in [0.717, 1.165) is 54.2 Å². The maximum absolute atomic E-state index is 13.2. The molecule has 5 amide bonds. The number of hydrogen-bond acceptors (Lipinski definition) is 11. The molecule has 15 nitrogen and oxygen atoms in total. The third-order valence-corrected chi connectivity index (χ3v) is 8.94. The first-order valence-electron chi connectivity index (χ1n) is 17.0. The summed E-state index contributed by atoms with van der Waals surface area (Å²) < 4.78 is 13.0. The van der Waals surface area contributed by atoms with Gasteiger partial charge in [-0.15, -0.1) is 0 Å². The van der Waals surface area contributed by atoms with Crippen molar-refractivity contribution in [1.82, 2.24) is 30.1 Å². The first-order chi connectivity index (χ1) is 23.8. The number of nitrogens with one attached hydrogen (secondary N) is 4. The number of imide groups is 2. The number of fused-ring (bicyclic) bond motifs is 2. The van der Waals surface area contributed by atoms with E-state index >= 15 is 0 Å². The Kier molecular flexibility index (Phi) is 10.8. The molecule has 6 rings (SSSR count). The Hall–Kier alpha value is -4.89. The molecule has 260 valence electrons. The van der Waals surface area contributed by atoms with Crippen LogP contribution in [-0.4, -0.2) is 100 Å². The van der Waals surface area contributed by atoms with Crippen molar-refractivity contribution in [3.05, 3.63) is 53.3 Å². The number of benzene rings is 1. The Morgan fingerprint density at radius 1 is 1.00 bits per heavy atom. The average Bonchev–Trinajstić information content (AvgIpc) is 3.79. The maximum atomic E-state index is 13.2. The first kappa shape index (κ1) is 34.0.